The molecule has 1 aromatic heterocycles. The Kier molecular flexibility index (Phi) is 3.14. The van der Waals surface area contributed by atoms with Crippen molar-refractivity contribution < 1.29 is 5.11 Å². The molecule has 0 aliphatic heterocycles. The molecule has 0 fully saturated rings. The van der Waals surface area contributed by atoms with Gasteiger partial charge < -0.3 is 10.1 Å². The molecule has 1 aromatic carbocycles. The zero-order chi connectivity index (χ0) is 10.8. The Morgan fingerprint density at radius 1 is 1.27 bits per heavy atom. The number of benzene rings is 1. The van der Waals surface area contributed by atoms with Crippen LogP contribution in [-0.4, -0.2) is 10.1 Å². The summed E-state index contributed by atoms with van der Waals surface area (Å²) in [4.78, 5) is 2.91. The van der Waals surface area contributed by atoms with Crippen molar-refractivity contribution in [3.05, 3.63) is 57.3 Å². The molecule has 0 amide bonds. The fourth-order valence-electron chi connectivity index (χ4n) is 1.38. The molecule has 1 unspecified atom stereocenters. The average Bonchev–Trinajstić information content (AvgIpc) is 2.74. The fraction of sp³-hybridized carbons (Fsp3) is 0.0909. The van der Waals surface area contributed by atoms with Crippen LogP contribution in [-0.2, 0) is 0 Å². The molecular weight excluding hydrogens is 277 g/mol. The van der Waals surface area contributed by atoms with Gasteiger partial charge in [-0.05, 0) is 39.7 Å². The Morgan fingerprint density at radius 2 is 2.07 bits per heavy atom. The van der Waals surface area contributed by atoms with Crippen molar-refractivity contribution in [3.8, 4) is 0 Å². The second-order valence-electron chi connectivity index (χ2n) is 3.22. The maximum absolute atomic E-state index is 10.0. The molecule has 1 heterocycles. The lowest BCUT2D eigenvalue weighted by molar-refractivity contribution is 0.220. The van der Waals surface area contributed by atoms with E-state index in [4.69, 9.17) is 11.6 Å². The van der Waals surface area contributed by atoms with Crippen molar-refractivity contribution in [3.63, 3.8) is 0 Å². The van der Waals surface area contributed by atoms with E-state index < -0.39 is 6.10 Å². The highest BCUT2D eigenvalue weighted by atomic mass is 79.9. The van der Waals surface area contributed by atoms with E-state index in [-0.39, 0.29) is 0 Å². The van der Waals surface area contributed by atoms with Crippen LogP contribution in [0, 0.1) is 0 Å². The van der Waals surface area contributed by atoms with Gasteiger partial charge in [-0.25, -0.2) is 0 Å². The minimum Gasteiger partial charge on any atom is -0.384 e. The first-order valence-electron chi connectivity index (χ1n) is 4.44. The maximum Gasteiger partial charge on any atom is 0.106 e. The van der Waals surface area contributed by atoms with Crippen LogP contribution in [0.3, 0.4) is 0 Å². The molecule has 2 rings (SSSR count). The van der Waals surface area contributed by atoms with Gasteiger partial charge in [-0.15, -0.1) is 0 Å². The smallest absolute Gasteiger partial charge is 0.106 e. The highest BCUT2D eigenvalue weighted by molar-refractivity contribution is 9.10. The molecule has 0 aliphatic carbocycles. The number of aromatic amines is 1. The normalized spacial score (nSPS) is 12.7. The summed E-state index contributed by atoms with van der Waals surface area (Å²) in [5.74, 6) is 0. The quantitative estimate of drug-likeness (QED) is 0.871. The van der Waals surface area contributed by atoms with Gasteiger partial charge in [-0.2, -0.15) is 0 Å². The average molecular weight is 287 g/mol. The molecule has 78 valence electrons. The predicted molar refractivity (Wildman–Crippen MR) is 64.0 cm³/mol. The van der Waals surface area contributed by atoms with Crippen LogP contribution >= 0.6 is 27.5 Å². The third kappa shape index (κ3) is 2.25. The van der Waals surface area contributed by atoms with Gasteiger partial charge in [0.2, 0.25) is 0 Å². The minimum atomic E-state index is -0.621. The molecule has 0 spiro atoms. The molecule has 0 aliphatic rings. The van der Waals surface area contributed by atoms with E-state index in [0.717, 1.165) is 15.6 Å². The third-order valence-electron chi connectivity index (χ3n) is 2.20. The third-order valence-corrected chi connectivity index (χ3v) is 3.41. The van der Waals surface area contributed by atoms with E-state index in [2.05, 4.69) is 20.9 Å². The van der Waals surface area contributed by atoms with Crippen LogP contribution in [0.2, 0.25) is 5.02 Å². The van der Waals surface area contributed by atoms with Crippen molar-refractivity contribution in [2.75, 3.05) is 0 Å². The lowest BCUT2D eigenvalue weighted by atomic mass is 10.0. The highest BCUT2D eigenvalue weighted by Gasteiger charge is 2.11. The van der Waals surface area contributed by atoms with E-state index in [1.807, 2.05) is 18.2 Å². The summed E-state index contributed by atoms with van der Waals surface area (Å²) in [6, 6.07) is 7.23. The molecule has 1 atom stereocenters. The Labute approximate surface area is 101 Å². The number of halogens is 2. The lowest BCUT2D eigenvalue weighted by Gasteiger charge is -2.09. The van der Waals surface area contributed by atoms with E-state index in [9.17, 15) is 5.11 Å². The Balaban J connectivity index is 2.34. The molecule has 0 saturated heterocycles. The van der Waals surface area contributed by atoms with Gasteiger partial charge in [0.25, 0.3) is 0 Å². The Bertz CT molecular complexity index is 456. The van der Waals surface area contributed by atoms with E-state index in [1.54, 1.807) is 18.5 Å². The van der Waals surface area contributed by atoms with Gasteiger partial charge in [0.1, 0.15) is 6.10 Å². The summed E-state index contributed by atoms with van der Waals surface area (Å²) in [5.41, 5.74) is 1.65. The van der Waals surface area contributed by atoms with Crippen LogP contribution in [0.1, 0.15) is 17.2 Å². The molecule has 15 heavy (non-hydrogen) atoms. The molecule has 0 saturated carbocycles. The standard InChI is InChI=1S/C11H9BrClNO/c12-9-5-7(1-2-10(9)13)11(15)8-3-4-14-6-8/h1-6,11,14-15H. The molecular formula is C11H9BrClNO. The largest absolute Gasteiger partial charge is 0.384 e. The molecule has 0 radical (unpaired) electrons. The van der Waals surface area contributed by atoms with E-state index in [1.165, 1.54) is 0 Å². The topological polar surface area (TPSA) is 36.0 Å². The number of hydrogen-bond donors (Lipinski definition) is 2. The van der Waals surface area contributed by atoms with Crippen LogP contribution in [0.5, 0.6) is 0 Å². The molecule has 2 nitrogen and oxygen atoms in total. The molecule has 0 bridgehead atoms. The first-order chi connectivity index (χ1) is 7.18. The minimum absolute atomic E-state index is 0.621. The van der Waals surface area contributed by atoms with E-state index in [0.29, 0.717) is 5.02 Å². The Morgan fingerprint density at radius 3 is 2.67 bits per heavy atom. The number of rotatable bonds is 2. The number of nitrogens with one attached hydrogen (secondary N) is 1. The lowest BCUT2D eigenvalue weighted by Crippen LogP contribution is -1.97. The number of aliphatic hydroxyl groups excluding tert-OH is 1. The van der Waals surface area contributed by atoms with Gasteiger partial charge in [-0.3, -0.25) is 0 Å². The Hall–Kier alpha value is -0.770. The molecule has 2 N–H and O–H groups in total. The molecule has 4 heteroatoms. The highest BCUT2D eigenvalue weighted by Crippen LogP contribution is 2.28. The number of H-pyrrole nitrogens is 1. The second-order valence-corrected chi connectivity index (χ2v) is 4.48. The van der Waals surface area contributed by atoms with Gasteiger partial charge >= 0.3 is 0 Å². The maximum atomic E-state index is 10.0. The van der Waals surface area contributed by atoms with E-state index >= 15 is 0 Å². The van der Waals surface area contributed by atoms with Crippen molar-refractivity contribution >= 4 is 27.5 Å². The van der Waals surface area contributed by atoms with Crippen molar-refractivity contribution in [1.29, 1.82) is 0 Å². The van der Waals surface area contributed by atoms with Crippen molar-refractivity contribution in [1.82, 2.24) is 4.98 Å². The summed E-state index contributed by atoms with van der Waals surface area (Å²) in [6.07, 6.45) is 2.93. The van der Waals surface area contributed by atoms with Crippen LogP contribution in [0.15, 0.2) is 41.1 Å². The summed E-state index contributed by atoms with van der Waals surface area (Å²) >= 11 is 9.20. The fourth-order valence-corrected chi connectivity index (χ4v) is 1.90. The monoisotopic (exact) mass is 285 g/mol. The van der Waals surface area contributed by atoms with Crippen molar-refractivity contribution in [2.24, 2.45) is 0 Å². The zero-order valence-corrected chi connectivity index (χ0v) is 10.1. The summed E-state index contributed by atoms with van der Waals surface area (Å²) < 4.78 is 0.788. The van der Waals surface area contributed by atoms with Gasteiger partial charge in [0.15, 0.2) is 0 Å². The molecule has 2 aromatic rings. The van der Waals surface area contributed by atoms with Crippen LogP contribution in [0.25, 0.3) is 0 Å². The second kappa shape index (κ2) is 4.39. The van der Waals surface area contributed by atoms with Crippen LogP contribution in [0.4, 0.5) is 0 Å². The number of hydrogen-bond acceptors (Lipinski definition) is 1. The predicted octanol–water partition coefficient (Wildman–Crippen LogP) is 3.51. The van der Waals surface area contributed by atoms with Crippen LogP contribution < -0.4 is 0 Å². The summed E-state index contributed by atoms with van der Waals surface area (Å²) in [6.45, 7) is 0. The number of aliphatic hydroxyl groups is 1. The van der Waals surface area contributed by atoms with Gasteiger partial charge in [0.05, 0.1) is 5.02 Å². The zero-order valence-electron chi connectivity index (χ0n) is 7.74. The summed E-state index contributed by atoms with van der Waals surface area (Å²) in [7, 11) is 0. The van der Waals surface area contributed by atoms with Gasteiger partial charge in [-0.1, -0.05) is 17.7 Å². The van der Waals surface area contributed by atoms with Crippen molar-refractivity contribution in [2.45, 2.75) is 6.10 Å². The first-order valence-corrected chi connectivity index (χ1v) is 5.61. The SMILES string of the molecule is OC(c1cc[nH]c1)c1ccc(Cl)c(Br)c1. The first kappa shape index (κ1) is 10.7. The van der Waals surface area contributed by atoms with Gasteiger partial charge in [0, 0.05) is 22.4 Å². The number of aromatic nitrogens is 1. The summed E-state index contributed by atoms with van der Waals surface area (Å²) in [5, 5.41) is 10.7.